The number of aryl methyl sites for hydroxylation is 1. The lowest BCUT2D eigenvalue weighted by Gasteiger charge is -2.14. The summed E-state index contributed by atoms with van der Waals surface area (Å²) in [4.78, 5) is 25.3. The van der Waals surface area contributed by atoms with Crippen molar-refractivity contribution in [3.05, 3.63) is 65.1 Å². The molecule has 0 saturated carbocycles. The van der Waals surface area contributed by atoms with Gasteiger partial charge in [-0.05, 0) is 37.3 Å². The topological polar surface area (TPSA) is 81.8 Å². The summed E-state index contributed by atoms with van der Waals surface area (Å²) in [7, 11) is 1.95. The summed E-state index contributed by atoms with van der Waals surface area (Å²) in [6.07, 6.45) is 1.93. The first-order valence-corrected chi connectivity index (χ1v) is 8.25. The molecule has 1 amide bonds. The molecule has 1 N–H and O–H groups in total. The van der Waals surface area contributed by atoms with Crippen LogP contribution in [0.4, 0.5) is 5.69 Å². The Labute approximate surface area is 148 Å². The zero-order valence-electron chi connectivity index (χ0n) is 14.4. The number of hydrogen-bond donors (Lipinski definition) is 1. The Morgan fingerprint density at radius 2 is 1.88 bits per heavy atom. The quantitative estimate of drug-likeness (QED) is 0.617. The highest BCUT2D eigenvalue weighted by Crippen LogP contribution is 2.24. The lowest BCUT2D eigenvalue weighted by molar-refractivity contribution is -0.119. The van der Waals surface area contributed by atoms with Crippen molar-refractivity contribution in [1.82, 2.24) is 19.6 Å². The lowest BCUT2D eigenvalue weighted by Crippen LogP contribution is -2.34. The van der Waals surface area contributed by atoms with Crippen molar-refractivity contribution >= 4 is 33.4 Å². The molecule has 130 valence electrons. The molecule has 1 unspecified atom stereocenters. The number of carbonyl (C=O) groups is 1. The van der Waals surface area contributed by atoms with Crippen molar-refractivity contribution < 1.29 is 4.79 Å². The van der Waals surface area contributed by atoms with Gasteiger partial charge in [0.2, 0.25) is 5.91 Å². The normalized spacial score (nSPS) is 12.4. The minimum Gasteiger partial charge on any atom is -0.350 e. The molecule has 0 aliphatic carbocycles. The Morgan fingerprint density at radius 1 is 1.08 bits per heavy atom. The number of nitrogens with zero attached hydrogens (tertiary/aromatic N) is 4. The summed E-state index contributed by atoms with van der Waals surface area (Å²) >= 11 is 0. The zero-order valence-corrected chi connectivity index (χ0v) is 14.4. The maximum atomic E-state index is 12.7. The Hall–Kier alpha value is -3.48. The summed E-state index contributed by atoms with van der Waals surface area (Å²) in [5, 5.41) is 12.2. The maximum Gasteiger partial charge on any atom is 0.278 e. The number of aromatic nitrogens is 4. The number of carbonyl (C=O) groups excluding carboxylic acids is 1. The van der Waals surface area contributed by atoms with Gasteiger partial charge in [0.15, 0.2) is 0 Å². The molecule has 7 heteroatoms. The molecule has 0 bridgehead atoms. The van der Waals surface area contributed by atoms with E-state index in [0.717, 1.165) is 15.6 Å². The smallest absolute Gasteiger partial charge is 0.278 e. The van der Waals surface area contributed by atoms with Crippen LogP contribution in [-0.2, 0) is 11.8 Å². The first-order valence-electron chi connectivity index (χ1n) is 8.25. The van der Waals surface area contributed by atoms with E-state index >= 15 is 0 Å². The molecular formula is C19H17N5O2. The maximum absolute atomic E-state index is 12.7. The second kappa shape index (κ2) is 6.11. The van der Waals surface area contributed by atoms with Crippen molar-refractivity contribution in [2.24, 2.45) is 7.05 Å². The van der Waals surface area contributed by atoms with Crippen LogP contribution in [0, 0.1) is 0 Å². The Morgan fingerprint density at radius 3 is 2.73 bits per heavy atom. The summed E-state index contributed by atoms with van der Waals surface area (Å²) in [5.41, 5.74) is 1.88. The fraction of sp³-hybridized carbons (Fsp3) is 0.158. The molecular weight excluding hydrogens is 330 g/mol. The summed E-state index contributed by atoms with van der Waals surface area (Å²) < 4.78 is 3.09. The fourth-order valence-electron chi connectivity index (χ4n) is 3.02. The molecule has 2 aromatic carbocycles. The van der Waals surface area contributed by atoms with Crippen LogP contribution in [0.15, 0.2) is 59.5 Å². The molecule has 0 radical (unpaired) electrons. The van der Waals surface area contributed by atoms with Crippen LogP contribution in [0.3, 0.4) is 0 Å². The highest BCUT2D eigenvalue weighted by molar-refractivity contribution is 6.02. The number of benzene rings is 2. The molecule has 4 rings (SSSR count). The zero-order chi connectivity index (χ0) is 18.3. The molecule has 0 aliphatic rings. The van der Waals surface area contributed by atoms with Crippen LogP contribution < -0.4 is 10.9 Å². The van der Waals surface area contributed by atoms with E-state index in [1.807, 2.05) is 42.1 Å². The third-order valence-electron chi connectivity index (χ3n) is 4.52. The van der Waals surface area contributed by atoms with Gasteiger partial charge in [0.05, 0.1) is 11.1 Å². The largest absolute Gasteiger partial charge is 0.350 e. The van der Waals surface area contributed by atoms with Crippen LogP contribution in [-0.4, -0.2) is 25.5 Å². The van der Waals surface area contributed by atoms with Crippen LogP contribution in [0.2, 0.25) is 0 Å². The summed E-state index contributed by atoms with van der Waals surface area (Å²) in [6.45, 7) is 1.63. The number of hydrogen-bond acceptors (Lipinski definition) is 4. The lowest BCUT2D eigenvalue weighted by atomic mass is 10.2. The van der Waals surface area contributed by atoms with E-state index in [1.54, 1.807) is 31.2 Å². The molecule has 0 fully saturated rings. The van der Waals surface area contributed by atoms with Crippen molar-refractivity contribution in [2.45, 2.75) is 13.0 Å². The summed E-state index contributed by atoms with van der Waals surface area (Å²) in [6, 6.07) is 13.8. The highest BCUT2D eigenvalue weighted by atomic mass is 16.2. The van der Waals surface area contributed by atoms with Crippen molar-refractivity contribution in [2.75, 3.05) is 5.32 Å². The molecule has 2 heterocycles. The summed E-state index contributed by atoms with van der Waals surface area (Å²) in [5.74, 6) is -0.326. The first-order chi connectivity index (χ1) is 12.6. The van der Waals surface area contributed by atoms with Crippen molar-refractivity contribution in [3.63, 3.8) is 0 Å². The van der Waals surface area contributed by atoms with Gasteiger partial charge >= 0.3 is 0 Å². The van der Waals surface area contributed by atoms with Crippen LogP contribution in [0.1, 0.15) is 13.0 Å². The van der Waals surface area contributed by atoms with Gasteiger partial charge in [0.1, 0.15) is 11.6 Å². The first kappa shape index (κ1) is 16.0. The van der Waals surface area contributed by atoms with Gasteiger partial charge < -0.3 is 9.88 Å². The number of nitrogens with one attached hydrogen (secondary N) is 1. The molecule has 26 heavy (non-hydrogen) atoms. The Kier molecular flexibility index (Phi) is 3.76. The van der Waals surface area contributed by atoms with Gasteiger partial charge in [-0.1, -0.05) is 23.4 Å². The highest BCUT2D eigenvalue weighted by Gasteiger charge is 2.20. The van der Waals surface area contributed by atoms with Gasteiger partial charge in [-0.2, -0.15) is 4.68 Å². The van der Waals surface area contributed by atoms with Gasteiger partial charge in [-0.3, -0.25) is 9.59 Å². The van der Waals surface area contributed by atoms with E-state index in [9.17, 15) is 9.59 Å². The third-order valence-corrected chi connectivity index (χ3v) is 4.52. The second-order valence-electron chi connectivity index (χ2n) is 6.19. The molecule has 0 saturated heterocycles. The number of fused-ring (bicyclic) bond motifs is 2. The molecule has 0 aliphatic heterocycles. The predicted octanol–water partition coefficient (Wildman–Crippen LogP) is 2.48. The van der Waals surface area contributed by atoms with Gasteiger partial charge in [-0.25, -0.2) is 0 Å². The van der Waals surface area contributed by atoms with Gasteiger partial charge in [-0.15, -0.1) is 5.10 Å². The number of rotatable bonds is 3. The standard InChI is InChI=1S/C19H17N5O2/c1-12(24-19(26)14-6-3-4-7-16(14)21-22-24)18(25)20-15-8-5-9-17-13(15)10-11-23(17)2/h3-12H,1-2H3,(H,20,25). The van der Waals surface area contributed by atoms with E-state index in [1.165, 1.54) is 0 Å². The van der Waals surface area contributed by atoms with Gasteiger partial charge in [0, 0.05) is 24.1 Å². The van der Waals surface area contributed by atoms with E-state index in [-0.39, 0.29) is 11.5 Å². The fourth-order valence-corrected chi connectivity index (χ4v) is 3.02. The Bertz CT molecular complexity index is 1190. The average molecular weight is 347 g/mol. The van der Waals surface area contributed by atoms with E-state index in [0.29, 0.717) is 16.6 Å². The molecule has 1 atom stereocenters. The van der Waals surface area contributed by atoms with Gasteiger partial charge in [0.25, 0.3) is 5.56 Å². The molecule has 0 spiro atoms. The minimum atomic E-state index is -0.793. The van der Waals surface area contributed by atoms with Crippen molar-refractivity contribution in [3.8, 4) is 0 Å². The number of amides is 1. The monoisotopic (exact) mass is 347 g/mol. The predicted molar refractivity (Wildman–Crippen MR) is 100 cm³/mol. The van der Waals surface area contributed by atoms with E-state index in [2.05, 4.69) is 15.6 Å². The van der Waals surface area contributed by atoms with E-state index < -0.39 is 6.04 Å². The molecule has 7 nitrogen and oxygen atoms in total. The van der Waals surface area contributed by atoms with Crippen LogP contribution in [0.5, 0.6) is 0 Å². The van der Waals surface area contributed by atoms with Crippen molar-refractivity contribution in [1.29, 1.82) is 0 Å². The average Bonchev–Trinajstić information content (AvgIpc) is 3.04. The Balaban J connectivity index is 1.68. The number of anilines is 1. The molecule has 2 aromatic heterocycles. The van der Waals surface area contributed by atoms with E-state index in [4.69, 9.17) is 0 Å². The third kappa shape index (κ3) is 2.54. The molecule has 4 aromatic rings. The van der Waals surface area contributed by atoms with Crippen LogP contribution in [0.25, 0.3) is 21.8 Å². The minimum absolute atomic E-state index is 0.326. The SMILES string of the molecule is CC(C(=O)Nc1cccc2c1ccn2C)n1nnc2ccccc2c1=O. The van der Waals surface area contributed by atoms with Crippen LogP contribution >= 0.6 is 0 Å². The second-order valence-corrected chi connectivity index (χ2v) is 6.19.